The average Bonchev–Trinajstić information content (AvgIpc) is 3.19. The molecule has 2 fully saturated rings. The summed E-state index contributed by atoms with van der Waals surface area (Å²) in [5.74, 6) is 0.546. The van der Waals surface area contributed by atoms with Gasteiger partial charge in [0.2, 0.25) is 5.78 Å². The van der Waals surface area contributed by atoms with Crippen LogP contribution in [-0.2, 0) is 14.9 Å². The average molecular weight is 340 g/mol. The van der Waals surface area contributed by atoms with Gasteiger partial charge >= 0.3 is 0 Å². The molecule has 25 heavy (non-hydrogen) atoms. The number of Topliss-reactive ketones (excluding diaryl/α,β-unsaturated/α-hetero) is 2. The monoisotopic (exact) mass is 340 g/mol. The molecule has 1 aliphatic heterocycles. The Morgan fingerprint density at radius 2 is 2.04 bits per heavy atom. The van der Waals surface area contributed by atoms with Crippen LogP contribution < -0.4 is 0 Å². The van der Waals surface area contributed by atoms with Crippen LogP contribution in [0.2, 0.25) is 0 Å². The van der Waals surface area contributed by atoms with Crippen LogP contribution in [-0.4, -0.2) is 28.9 Å². The lowest BCUT2D eigenvalue weighted by Gasteiger charge is -2.46. The largest absolute Gasteiger partial charge is 0.460 e. The first-order valence-electron chi connectivity index (χ1n) is 9.16. The lowest BCUT2D eigenvalue weighted by Crippen LogP contribution is -2.47. The normalized spacial score (nSPS) is 46.5. The molecule has 130 valence electrons. The van der Waals surface area contributed by atoms with Crippen molar-refractivity contribution >= 4 is 11.6 Å². The highest BCUT2D eigenvalue weighted by Gasteiger charge is 2.68. The summed E-state index contributed by atoms with van der Waals surface area (Å²) in [6.07, 6.45) is 3.32. The van der Waals surface area contributed by atoms with E-state index >= 15 is 0 Å². The topological polar surface area (TPSA) is 80.0 Å². The van der Waals surface area contributed by atoms with Crippen LogP contribution in [0.4, 0.5) is 0 Å². The number of carbonyl (C=O) groups excluding carboxylic acids is 2. The van der Waals surface area contributed by atoms with Gasteiger partial charge in [-0.3, -0.25) is 9.59 Å². The molecule has 1 saturated heterocycles. The van der Waals surface area contributed by atoms with Crippen molar-refractivity contribution in [2.45, 2.75) is 63.3 Å². The fourth-order valence-electron chi connectivity index (χ4n) is 6.30. The Balaban J connectivity index is 1.64. The van der Waals surface area contributed by atoms with E-state index in [2.05, 4.69) is 6.92 Å². The first-order chi connectivity index (χ1) is 11.9. The maximum absolute atomic E-state index is 13.3. The van der Waals surface area contributed by atoms with Crippen LogP contribution in [0.3, 0.4) is 0 Å². The summed E-state index contributed by atoms with van der Waals surface area (Å²) in [5.41, 5.74) is 2.63. The maximum atomic E-state index is 13.3. The quantitative estimate of drug-likeness (QED) is 0.734. The first-order valence-corrected chi connectivity index (χ1v) is 9.16. The highest BCUT2D eigenvalue weighted by atomic mass is 16.6. The molecule has 5 aliphatic rings. The molecule has 0 spiro atoms. The van der Waals surface area contributed by atoms with Crippen LogP contribution in [0, 0.1) is 11.3 Å². The van der Waals surface area contributed by atoms with E-state index < -0.39 is 16.9 Å². The molecule has 2 heterocycles. The molecule has 1 saturated carbocycles. The molecular formula is C20H20O5. The van der Waals surface area contributed by atoms with E-state index in [1.807, 2.05) is 6.92 Å². The number of ether oxygens (including phenoxy) is 1. The van der Waals surface area contributed by atoms with Gasteiger partial charge in [-0.2, -0.15) is 0 Å². The Kier molecular flexibility index (Phi) is 2.31. The number of hydrogen-bond donors (Lipinski definition) is 1. The molecule has 0 amide bonds. The van der Waals surface area contributed by atoms with Crippen molar-refractivity contribution < 1.29 is 23.8 Å². The zero-order valence-corrected chi connectivity index (χ0v) is 14.3. The van der Waals surface area contributed by atoms with Crippen LogP contribution in [0.15, 0.2) is 21.8 Å². The highest BCUT2D eigenvalue weighted by molar-refractivity contribution is 6.12. The minimum atomic E-state index is -0.720. The molecule has 5 nitrogen and oxygen atoms in total. The van der Waals surface area contributed by atoms with Gasteiger partial charge in [-0.1, -0.05) is 6.92 Å². The van der Waals surface area contributed by atoms with Gasteiger partial charge < -0.3 is 14.3 Å². The summed E-state index contributed by atoms with van der Waals surface area (Å²) in [4.78, 5) is 25.8. The number of allylic oxidation sites excluding steroid dienone is 1. The van der Waals surface area contributed by atoms with Crippen molar-refractivity contribution in [2.24, 2.45) is 11.3 Å². The Labute approximate surface area is 145 Å². The van der Waals surface area contributed by atoms with Crippen LogP contribution in [0.5, 0.6) is 0 Å². The number of fused-ring (bicyclic) bond motifs is 5. The van der Waals surface area contributed by atoms with E-state index in [-0.39, 0.29) is 29.7 Å². The molecule has 1 aromatic heterocycles. The molecule has 0 unspecified atom stereocenters. The number of aliphatic hydroxyl groups excluding tert-OH is 1. The molecule has 5 heteroatoms. The van der Waals surface area contributed by atoms with Crippen molar-refractivity contribution in [1.82, 2.24) is 0 Å². The Bertz CT molecular complexity index is 907. The first kappa shape index (κ1) is 14.4. The minimum absolute atomic E-state index is 0.0150. The van der Waals surface area contributed by atoms with Crippen LogP contribution >= 0.6 is 0 Å². The number of aliphatic hydroxyl groups is 1. The highest BCUT2D eigenvalue weighted by Crippen LogP contribution is 2.65. The van der Waals surface area contributed by atoms with Crippen LogP contribution in [0.25, 0.3) is 0 Å². The van der Waals surface area contributed by atoms with E-state index in [4.69, 9.17) is 9.15 Å². The summed E-state index contributed by atoms with van der Waals surface area (Å²) in [7, 11) is 0. The molecule has 0 radical (unpaired) electrons. The number of furan rings is 1. The van der Waals surface area contributed by atoms with E-state index in [0.29, 0.717) is 17.7 Å². The number of carbonyl (C=O) groups is 2. The van der Waals surface area contributed by atoms with Crippen molar-refractivity contribution in [3.05, 3.63) is 34.3 Å². The lowest BCUT2D eigenvalue weighted by atomic mass is 9.54. The Morgan fingerprint density at radius 3 is 2.84 bits per heavy atom. The van der Waals surface area contributed by atoms with Gasteiger partial charge in [-0.05, 0) is 31.8 Å². The summed E-state index contributed by atoms with van der Waals surface area (Å²) in [6, 6.07) is 0. The molecule has 6 atom stereocenters. The molecular weight excluding hydrogens is 320 g/mol. The Morgan fingerprint density at radius 1 is 1.24 bits per heavy atom. The fraction of sp³-hybridized carbons (Fsp3) is 0.600. The summed E-state index contributed by atoms with van der Waals surface area (Å²) >= 11 is 0. The third-order valence-electron chi connectivity index (χ3n) is 7.78. The fourth-order valence-corrected chi connectivity index (χ4v) is 6.30. The number of epoxide rings is 1. The van der Waals surface area contributed by atoms with Gasteiger partial charge in [0.1, 0.15) is 24.1 Å². The zero-order chi connectivity index (χ0) is 17.3. The minimum Gasteiger partial charge on any atom is -0.460 e. The third-order valence-corrected chi connectivity index (χ3v) is 7.78. The predicted octanol–water partition coefficient (Wildman–Crippen LogP) is 2.62. The number of ketones is 2. The van der Waals surface area contributed by atoms with Gasteiger partial charge in [-0.25, -0.2) is 0 Å². The SMILES string of the molecule is C[C@]12CCC3=C(C(=O)c4occ5c4[C@]3(C)[C@H]3O[C@H]3[C@@H]5O)[C@@H]1CCC2=O. The van der Waals surface area contributed by atoms with Crippen molar-refractivity contribution in [2.75, 3.05) is 0 Å². The molecule has 1 N–H and O–H groups in total. The second kappa shape index (κ2) is 3.99. The maximum Gasteiger partial charge on any atom is 0.224 e. The lowest BCUT2D eigenvalue weighted by molar-refractivity contribution is -0.126. The second-order valence-electron chi connectivity index (χ2n) is 8.72. The Hall–Kier alpha value is -1.72. The smallest absolute Gasteiger partial charge is 0.224 e. The van der Waals surface area contributed by atoms with E-state index in [9.17, 15) is 14.7 Å². The molecule has 0 bridgehead atoms. The summed E-state index contributed by atoms with van der Waals surface area (Å²) < 4.78 is 11.5. The van der Waals surface area contributed by atoms with Crippen molar-refractivity contribution in [3.63, 3.8) is 0 Å². The zero-order valence-electron chi connectivity index (χ0n) is 14.3. The van der Waals surface area contributed by atoms with Gasteiger partial charge in [0.25, 0.3) is 0 Å². The van der Waals surface area contributed by atoms with Crippen molar-refractivity contribution in [3.8, 4) is 0 Å². The van der Waals surface area contributed by atoms with Gasteiger partial charge in [0.15, 0.2) is 5.76 Å². The summed E-state index contributed by atoms with van der Waals surface area (Å²) in [5, 5.41) is 10.5. The standard InChI is InChI=1S/C20H20O5/c1-19-6-5-10-12(9(19)3-4-11(19)21)15(23)16-13-8(7-24-16)14(22)17-18(25-17)20(10,13)2/h7,9,14,17-18,22H,3-6H2,1-2H3/t9-,14+,17-,18-,19-,20+/m0/s1. The molecule has 1 aromatic rings. The molecule has 4 aliphatic carbocycles. The number of rotatable bonds is 0. The van der Waals surface area contributed by atoms with Gasteiger partial charge in [0, 0.05) is 39.9 Å². The molecule has 6 rings (SSSR count). The van der Waals surface area contributed by atoms with Crippen molar-refractivity contribution in [1.29, 1.82) is 0 Å². The summed E-state index contributed by atoms with van der Waals surface area (Å²) in [6.45, 7) is 4.15. The van der Waals surface area contributed by atoms with E-state index in [0.717, 1.165) is 36.0 Å². The van der Waals surface area contributed by atoms with Gasteiger partial charge in [0.05, 0.1) is 6.26 Å². The van der Waals surface area contributed by atoms with Gasteiger partial charge in [-0.15, -0.1) is 0 Å². The second-order valence-corrected chi connectivity index (χ2v) is 8.72. The van der Waals surface area contributed by atoms with E-state index in [1.165, 1.54) is 6.26 Å². The predicted molar refractivity (Wildman–Crippen MR) is 86.1 cm³/mol. The van der Waals surface area contributed by atoms with Crippen LogP contribution in [0.1, 0.15) is 67.3 Å². The number of hydrogen-bond acceptors (Lipinski definition) is 5. The molecule has 0 aromatic carbocycles. The third kappa shape index (κ3) is 1.35. The van der Waals surface area contributed by atoms with E-state index in [1.54, 1.807) is 0 Å².